The summed E-state index contributed by atoms with van der Waals surface area (Å²) in [6, 6.07) is 5.39. The summed E-state index contributed by atoms with van der Waals surface area (Å²) in [4.78, 5) is 43.0. The third-order valence-electron chi connectivity index (χ3n) is 4.37. The fourth-order valence-corrected chi connectivity index (χ4v) is 3.15. The van der Waals surface area contributed by atoms with E-state index in [1.54, 1.807) is 50.0 Å². The predicted molar refractivity (Wildman–Crippen MR) is 110 cm³/mol. The number of aryl methyl sites for hydroxylation is 1. The molecular weight excluding hydrogens is 404 g/mol. The average molecular weight is 430 g/mol. The minimum absolute atomic E-state index is 0.135. The van der Waals surface area contributed by atoms with Crippen LogP contribution in [0.1, 0.15) is 33.4 Å². The van der Waals surface area contributed by atoms with Crippen molar-refractivity contribution in [1.29, 1.82) is 0 Å². The lowest BCUT2D eigenvalue weighted by atomic mass is 10.1. The molecular formula is C21H26N4O6. The number of carbonyl (C=O) groups excluding carboxylic acids is 3. The molecule has 10 nitrogen and oxygen atoms in total. The van der Waals surface area contributed by atoms with Crippen molar-refractivity contribution in [1.82, 2.24) is 14.8 Å². The van der Waals surface area contributed by atoms with Crippen molar-refractivity contribution in [2.75, 3.05) is 18.1 Å². The standard InChI is InChI=1S/C21H26N4O6/c1-13-11-16(23-25(13)15-7-6-8-22-12-15)24-9-10-29-17(19(24)27)18(30-14(2)26)20(28)31-21(3,4)5/h6-8,11-12,17-18H,9-10H2,1-5H3/t17-,18-/m1/s1. The molecule has 1 fully saturated rings. The molecule has 1 aliphatic rings. The van der Waals surface area contributed by atoms with Gasteiger partial charge in [-0.2, -0.15) is 0 Å². The van der Waals surface area contributed by atoms with Crippen molar-refractivity contribution >= 4 is 23.7 Å². The minimum atomic E-state index is -1.52. The molecule has 0 saturated carbocycles. The second-order valence-electron chi connectivity index (χ2n) is 8.11. The lowest BCUT2D eigenvalue weighted by Crippen LogP contribution is -2.56. The van der Waals surface area contributed by atoms with Crippen LogP contribution in [0.5, 0.6) is 0 Å². The molecule has 0 N–H and O–H groups in total. The Morgan fingerprint density at radius 2 is 2.06 bits per heavy atom. The van der Waals surface area contributed by atoms with Crippen LogP contribution in [0.3, 0.4) is 0 Å². The zero-order valence-electron chi connectivity index (χ0n) is 18.2. The number of rotatable bonds is 5. The topological polar surface area (TPSA) is 113 Å². The summed E-state index contributed by atoms with van der Waals surface area (Å²) in [6.07, 6.45) is 0.461. The SMILES string of the molecule is CC(=O)O[C@@H](C(=O)OC(C)(C)C)[C@H]1OCCN(c2cc(C)n(-c3cccnc3)n2)C1=O. The van der Waals surface area contributed by atoms with Crippen molar-refractivity contribution in [3.05, 3.63) is 36.3 Å². The van der Waals surface area contributed by atoms with Gasteiger partial charge < -0.3 is 14.2 Å². The molecule has 2 aromatic rings. The molecule has 31 heavy (non-hydrogen) atoms. The highest BCUT2D eigenvalue weighted by atomic mass is 16.6. The van der Waals surface area contributed by atoms with E-state index in [2.05, 4.69) is 10.1 Å². The van der Waals surface area contributed by atoms with Gasteiger partial charge in [0.1, 0.15) is 5.60 Å². The molecule has 0 aromatic carbocycles. The fourth-order valence-electron chi connectivity index (χ4n) is 3.15. The maximum Gasteiger partial charge on any atom is 0.351 e. The Kier molecular flexibility index (Phi) is 6.40. The van der Waals surface area contributed by atoms with E-state index in [9.17, 15) is 14.4 Å². The Bertz CT molecular complexity index is 966. The van der Waals surface area contributed by atoms with Gasteiger partial charge in [-0.3, -0.25) is 19.5 Å². The number of morpholine rings is 1. The number of amides is 1. The molecule has 0 aliphatic carbocycles. The van der Waals surface area contributed by atoms with Crippen LogP contribution in [-0.2, 0) is 28.6 Å². The monoisotopic (exact) mass is 430 g/mol. The van der Waals surface area contributed by atoms with Crippen LogP contribution in [0.4, 0.5) is 5.82 Å². The third-order valence-corrected chi connectivity index (χ3v) is 4.37. The summed E-state index contributed by atoms with van der Waals surface area (Å²) in [5.41, 5.74) is 0.713. The number of carbonyl (C=O) groups is 3. The average Bonchev–Trinajstić information content (AvgIpc) is 3.07. The van der Waals surface area contributed by atoms with Crippen LogP contribution >= 0.6 is 0 Å². The molecule has 2 atom stereocenters. The molecule has 0 spiro atoms. The van der Waals surface area contributed by atoms with Crippen molar-refractivity contribution in [2.24, 2.45) is 0 Å². The first-order valence-electron chi connectivity index (χ1n) is 9.87. The van der Waals surface area contributed by atoms with Gasteiger partial charge in [-0.25, -0.2) is 9.48 Å². The van der Waals surface area contributed by atoms with Crippen LogP contribution in [0.2, 0.25) is 0 Å². The van der Waals surface area contributed by atoms with Gasteiger partial charge in [-0.05, 0) is 39.8 Å². The number of pyridine rings is 1. The first-order valence-corrected chi connectivity index (χ1v) is 9.87. The van der Waals surface area contributed by atoms with Gasteiger partial charge in [0.2, 0.25) is 6.10 Å². The summed E-state index contributed by atoms with van der Waals surface area (Å²) in [5, 5.41) is 4.52. The molecule has 0 radical (unpaired) electrons. The number of hydrogen-bond donors (Lipinski definition) is 0. The van der Waals surface area contributed by atoms with E-state index < -0.39 is 35.7 Å². The lowest BCUT2D eigenvalue weighted by molar-refractivity contribution is -0.188. The minimum Gasteiger partial charge on any atom is -0.457 e. The summed E-state index contributed by atoms with van der Waals surface area (Å²) in [6.45, 7) is 8.42. The lowest BCUT2D eigenvalue weighted by Gasteiger charge is -2.34. The molecule has 2 aromatic heterocycles. The van der Waals surface area contributed by atoms with Gasteiger partial charge in [0.25, 0.3) is 5.91 Å². The first kappa shape index (κ1) is 22.4. The van der Waals surface area contributed by atoms with Crippen LogP contribution in [-0.4, -0.2) is 63.6 Å². The quantitative estimate of drug-likeness (QED) is 0.657. The van der Waals surface area contributed by atoms with Gasteiger partial charge in [0, 0.05) is 24.9 Å². The number of ether oxygens (including phenoxy) is 3. The number of anilines is 1. The molecule has 1 aliphatic heterocycles. The van der Waals surface area contributed by atoms with Crippen LogP contribution < -0.4 is 4.90 Å². The number of esters is 2. The smallest absolute Gasteiger partial charge is 0.351 e. The van der Waals surface area contributed by atoms with Gasteiger partial charge in [0.05, 0.1) is 25.0 Å². The molecule has 3 rings (SSSR count). The number of hydrogen-bond acceptors (Lipinski definition) is 8. The third kappa shape index (κ3) is 5.26. The van der Waals surface area contributed by atoms with E-state index in [4.69, 9.17) is 14.2 Å². The zero-order chi connectivity index (χ0) is 22.8. The second kappa shape index (κ2) is 8.84. The highest BCUT2D eigenvalue weighted by Crippen LogP contribution is 2.24. The Morgan fingerprint density at radius 3 is 2.68 bits per heavy atom. The van der Waals surface area contributed by atoms with E-state index in [1.165, 1.54) is 4.90 Å². The molecule has 1 amide bonds. The maximum atomic E-state index is 13.2. The molecule has 3 heterocycles. The number of aromatic nitrogens is 3. The Hall–Kier alpha value is -3.27. The molecule has 1 saturated heterocycles. The summed E-state index contributed by atoms with van der Waals surface area (Å²) >= 11 is 0. The molecule has 0 unspecified atom stereocenters. The van der Waals surface area contributed by atoms with Gasteiger partial charge in [0.15, 0.2) is 11.9 Å². The van der Waals surface area contributed by atoms with Crippen molar-refractivity contribution in [2.45, 2.75) is 52.4 Å². The fraction of sp³-hybridized carbons (Fsp3) is 0.476. The van der Waals surface area contributed by atoms with Crippen LogP contribution in [0, 0.1) is 6.92 Å². The van der Waals surface area contributed by atoms with Gasteiger partial charge in [-0.1, -0.05) is 0 Å². The van der Waals surface area contributed by atoms with Crippen molar-refractivity contribution in [3.8, 4) is 5.69 Å². The summed E-state index contributed by atoms with van der Waals surface area (Å²) in [7, 11) is 0. The van der Waals surface area contributed by atoms with E-state index in [0.29, 0.717) is 5.82 Å². The van der Waals surface area contributed by atoms with E-state index >= 15 is 0 Å². The Morgan fingerprint density at radius 1 is 1.32 bits per heavy atom. The van der Waals surface area contributed by atoms with E-state index in [-0.39, 0.29) is 13.2 Å². The highest BCUT2D eigenvalue weighted by Gasteiger charge is 2.45. The normalized spacial score (nSPS) is 17.9. The van der Waals surface area contributed by atoms with Gasteiger partial charge in [-0.15, -0.1) is 5.10 Å². The van der Waals surface area contributed by atoms with E-state index in [0.717, 1.165) is 18.3 Å². The highest BCUT2D eigenvalue weighted by molar-refractivity contribution is 6.00. The maximum absolute atomic E-state index is 13.2. The van der Waals surface area contributed by atoms with E-state index in [1.807, 2.05) is 13.0 Å². The molecule has 166 valence electrons. The summed E-state index contributed by atoms with van der Waals surface area (Å²) < 4.78 is 17.7. The number of nitrogens with zero attached hydrogens (tertiary/aromatic N) is 4. The summed E-state index contributed by atoms with van der Waals surface area (Å²) in [5.74, 6) is -1.72. The largest absolute Gasteiger partial charge is 0.457 e. The first-order chi connectivity index (χ1) is 14.6. The Labute approximate surface area is 180 Å². The second-order valence-corrected chi connectivity index (χ2v) is 8.11. The molecule has 0 bridgehead atoms. The molecule has 10 heteroatoms. The zero-order valence-corrected chi connectivity index (χ0v) is 18.2. The van der Waals surface area contributed by atoms with Crippen molar-refractivity contribution in [3.63, 3.8) is 0 Å². The van der Waals surface area contributed by atoms with Crippen molar-refractivity contribution < 1.29 is 28.6 Å². The van der Waals surface area contributed by atoms with Crippen LogP contribution in [0.15, 0.2) is 30.6 Å². The predicted octanol–water partition coefficient (Wildman–Crippen LogP) is 1.58. The van der Waals surface area contributed by atoms with Crippen LogP contribution in [0.25, 0.3) is 5.69 Å². The Balaban J connectivity index is 1.87. The van der Waals surface area contributed by atoms with Gasteiger partial charge >= 0.3 is 11.9 Å².